The van der Waals surface area contributed by atoms with E-state index in [9.17, 15) is 4.79 Å². The van der Waals surface area contributed by atoms with E-state index in [0.717, 1.165) is 5.69 Å². The molecule has 1 heterocycles. The van der Waals surface area contributed by atoms with Gasteiger partial charge < -0.3 is 20.1 Å². The molecular weight excluding hydrogens is 330 g/mol. The van der Waals surface area contributed by atoms with Crippen molar-refractivity contribution in [1.29, 1.82) is 0 Å². The molecule has 1 saturated carbocycles. The molecule has 126 valence electrons. The summed E-state index contributed by atoms with van der Waals surface area (Å²) in [5.41, 5.74) is 1.69. The Balaban J connectivity index is 1.76. The average molecular weight is 348 g/mol. The van der Waals surface area contributed by atoms with Gasteiger partial charge in [-0.1, -0.05) is 11.6 Å². The Labute approximate surface area is 145 Å². The molecule has 2 aromatic rings. The normalized spacial score (nSPS) is 13.3. The lowest BCUT2D eigenvalue weighted by Crippen LogP contribution is -2.14. The first-order valence-electron chi connectivity index (χ1n) is 7.56. The van der Waals surface area contributed by atoms with Gasteiger partial charge in [-0.15, -0.1) is 0 Å². The van der Waals surface area contributed by atoms with Crippen LogP contribution in [0.5, 0.6) is 11.5 Å². The molecule has 0 radical (unpaired) electrons. The summed E-state index contributed by atoms with van der Waals surface area (Å²) in [5, 5.41) is 6.50. The van der Waals surface area contributed by atoms with Crippen LogP contribution in [0.4, 0.5) is 11.4 Å². The maximum Gasteiger partial charge on any atom is 0.274 e. The van der Waals surface area contributed by atoms with Gasteiger partial charge in [0.25, 0.3) is 5.91 Å². The van der Waals surface area contributed by atoms with Crippen LogP contribution in [-0.4, -0.2) is 31.2 Å². The maximum atomic E-state index is 12.4. The second-order valence-corrected chi connectivity index (χ2v) is 5.90. The van der Waals surface area contributed by atoms with Crippen LogP contribution in [0, 0.1) is 0 Å². The number of anilines is 2. The van der Waals surface area contributed by atoms with E-state index in [1.807, 2.05) is 6.07 Å². The summed E-state index contributed by atoms with van der Waals surface area (Å²) < 4.78 is 10.4. The van der Waals surface area contributed by atoms with E-state index in [2.05, 4.69) is 15.6 Å². The second-order valence-electron chi connectivity index (χ2n) is 5.49. The summed E-state index contributed by atoms with van der Waals surface area (Å²) >= 11 is 6.06. The van der Waals surface area contributed by atoms with Crippen LogP contribution < -0.4 is 20.1 Å². The number of ether oxygens (including phenoxy) is 2. The lowest BCUT2D eigenvalue weighted by atomic mass is 10.2. The van der Waals surface area contributed by atoms with Gasteiger partial charge in [0.2, 0.25) is 0 Å². The van der Waals surface area contributed by atoms with E-state index in [1.54, 1.807) is 24.4 Å². The summed E-state index contributed by atoms with van der Waals surface area (Å²) in [5.74, 6) is 0.557. The standard InChI is InChI=1S/C17H18ClN3O3/c1-23-15-8-14(16(24-2)7-12(15)18)21-17(22)13-6-5-11(9-19-13)20-10-3-4-10/h5-10,20H,3-4H2,1-2H3,(H,21,22). The third-order valence-corrected chi connectivity index (χ3v) is 3.96. The largest absolute Gasteiger partial charge is 0.495 e. The monoisotopic (exact) mass is 347 g/mol. The minimum absolute atomic E-state index is 0.312. The van der Waals surface area contributed by atoms with Gasteiger partial charge in [-0.2, -0.15) is 0 Å². The van der Waals surface area contributed by atoms with Gasteiger partial charge in [0, 0.05) is 18.2 Å². The molecule has 7 heteroatoms. The van der Waals surface area contributed by atoms with Crippen molar-refractivity contribution >= 4 is 28.9 Å². The number of carbonyl (C=O) groups is 1. The molecule has 6 nitrogen and oxygen atoms in total. The molecule has 0 aliphatic heterocycles. The number of hydrogen-bond donors (Lipinski definition) is 2. The van der Waals surface area contributed by atoms with Crippen LogP contribution in [0.15, 0.2) is 30.5 Å². The maximum absolute atomic E-state index is 12.4. The van der Waals surface area contributed by atoms with Crippen molar-refractivity contribution in [2.24, 2.45) is 0 Å². The summed E-state index contributed by atoms with van der Waals surface area (Å²) in [7, 11) is 3.01. The zero-order valence-electron chi connectivity index (χ0n) is 13.4. The molecule has 0 saturated heterocycles. The number of halogens is 1. The second kappa shape index (κ2) is 6.97. The molecule has 0 bridgehead atoms. The van der Waals surface area contributed by atoms with Gasteiger partial charge in [-0.05, 0) is 25.0 Å². The molecule has 0 unspecified atom stereocenters. The highest BCUT2D eigenvalue weighted by atomic mass is 35.5. The van der Waals surface area contributed by atoms with E-state index >= 15 is 0 Å². The lowest BCUT2D eigenvalue weighted by Gasteiger charge is -2.13. The van der Waals surface area contributed by atoms with Gasteiger partial charge in [-0.3, -0.25) is 4.79 Å². The molecule has 3 rings (SSSR count). The first-order chi connectivity index (χ1) is 11.6. The smallest absolute Gasteiger partial charge is 0.274 e. The zero-order valence-corrected chi connectivity index (χ0v) is 14.2. The Morgan fingerprint density at radius 1 is 1.21 bits per heavy atom. The minimum Gasteiger partial charge on any atom is -0.495 e. The number of carbonyl (C=O) groups excluding carboxylic acids is 1. The van der Waals surface area contributed by atoms with Gasteiger partial charge in [0.15, 0.2) is 0 Å². The Kier molecular flexibility index (Phi) is 4.76. The van der Waals surface area contributed by atoms with Crippen LogP contribution in [0.3, 0.4) is 0 Å². The fourth-order valence-corrected chi connectivity index (χ4v) is 2.45. The van der Waals surface area contributed by atoms with E-state index < -0.39 is 0 Å². The number of pyridine rings is 1. The quantitative estimate of drug-likeness (QED) is 0.835. The molecular formula is C17H18ClN3O3. The Bertz CT molecular complexity index is 745. The topological polar surface area (TPSA) is 72.5 Å². The molecule has 0 atom stereocenters. The number of amides is 1. The van der Waals surface area contributed by atoms with E-state index in [0.29, 0.717) is 33.9 Å². The summed E-state index contributed by atoms with van der Waals surface area (Å²) in [6.45, 7) is 0. The summed E-state index contributed by atoms with van der Waals surface area (Å²) in [6.07, 6.45) is 4.02. The van der Waals surface area contributed by atoms with Gasteiger partial charge >= 0.3 is 0 Å². The van der Waals surface area contributed by atoms with Crippen LogP contribution in [0.2, 0.25) is 5.02 Å². The van der Waals surface area contributed by atoms with Crippen LogP contribution in [0.1, 0.15) is 23.3 Å². The number of nitrogens with one attached hydrogen (secondary N) is 2. The third-order valence-electron chi connectivity index (χ3n) is 3.67. The molecule has 1 aromatic carbocycles. The Morgan fingerprint density at radius 2 is 1.96 bits per heavy atom. The predicted molar refractivity (Wildman–Crippen MR) is 93.4 cm³/mol. The Morgan fingerprint density at radius 3 is 2.54 bits per heavy atom. The van der Waals surface area contributed by atoms with E-state index in [4.69, 9.17) is 21.1 Å². The fourth-order valence-electron chi connectivity index (χ4n) is 2.22. The number of rotatable bonds is 6. The summed E-state index contributed by atoms with van der Waals surface area (Å²) in [4.78, 5) is 16.6. The van der Waals surface area contributed by atoms with Crippen molar-refractivity contribution in [2.75, 3.05) is 24.9 Å². The number of aromatic nitrogens is 1. The molecule has 1 aromatic heterocycles. The predicted octanol–water partition coefficient (Wildman–Crippen LogP) is 3.58. The first kappa shape index (κ1) is 16.4. The lowest BCUT2D eigenvalue weighted by molar-refractivity contribution is 0.102. The van der Waals surface area contributed by atoms with Crippen molar-refractivity contribution in [3.63, 3.8) is 0 Å². The molecule has 2 N–H and O–H groups in total. The first-order valence-corrected chi connectivity index (χ1v) is 7.94. The highest BCUT2D eigenvalue weighted by Gasteiger charge is 2.21. The highest BCUT2D eigenvalue weighted by Crippen LogP contribution is 2.36. The van der Waals surface area contributed by atoms with Gasteiger partial charge in [0.1, 0.15) is 17.2 Å². The molecule has 1 aliphatic rings. The van der Waals surface area contributed by atoms with Gasteiger partial charge in [-0.25, -0.2) is 4.98 Å². The van der Waals surface area contributed by atoms with Crippen LogP contribution >= 0.6 is 11.6 Å². The fraction of sp³-hybridized carbons (Fsp3) is 0.294. The van der Waals surface area contributed by atoms with Crippen LogP contribution in [-0.2, 0) is 0 Å². The van der Waals surface area contributed by atoms with E-state index in [1.165, 1.54) is 27.1 Å². The Hall–Kier alpha value is -2.47. The third kappa shape index (κ3) is 3.71. The molecule has 1 aliphatic carbocycles. The molecule has 0 spiro atoms. The van der Waals surface area contributed by atoms with E-state index in [-0.39, 0.29) is 5.91 Å². The van der Waals surface area contributed by atoms with Crippen molar-refractivity contribution in [3.8, 4) is 11.5 Å². The van der Waals surface area contributed by atoms with Crippen molar-refractivity contribution in [3.05, 3.63) is 41.2 Å². The van der Waals surface area contributed by atoms with Crippen molar-refractivity contribution in [2.45, 2.75) is 18.9 Å². The van der Waals surface area contributed by atoms with Crippen molar-refractivity contribution in [1.82, 2.24) is 4.98 Å². The molecule has 24 heavy (non-hydrogen) atoms. The SMILES string of the molecule is COc1cc(NC(=O)c2ccc(NC3CC3)cn2)c(OC)cc1Cl. The van der Waals surface area contributed by atoms with Crippen LogP contribution in [0.25, 0.3) is 0 Å². The number of hydrogen-bond acceptors (Lipinski definition) is 5. The summed E-state index contributed by atoms with van der Waals surface area (Å²) in [6, 6.07) is 7.27. The van der Waals surface area contributed by atoms with Crippen molar-refractivity contribution < 1.29 is 14.3 Å². The average Bonchev–Trinajstić information content (AvgIpc) is 3.40. The minimum atomic E-state index is -0.337. The zero-order chi connectivity index (χ0) is 17.1. The molecule has 1 fully saturated rings. The number of nitrogens with zero attached hydrogens (tertiary/aromatic N) is 1. The highest BCUT2D eigenvalue weighted by molar-refractivity contribution is 6.32. The van der Waals surface area contributed by atoms with Gasteiger partial charge in [0.05, 0.1) is 36.8 Å². The molecule has 1 amide bonds. The number of benzene rings is 1. The number of methoxy groups -OCH3 is 2.